The molecule has 0 aliphatic carbocycles. The Balaban J connectivity index is 3.11. The van der Waals surface area contributed by atoms with Crippen LogP contribution in [0.25, 0.3) is 0 Å². The number of hydrogen-bond donors (Lipinski definition) is 1. The van der Waals surface area contributed by atoms with Crippen LogP contribution in [-0.4, -0.2) is 42.3 Å². The molecule has 0 aliphatic rings. The number of non-ortho nitro benzene ring substituents is 1. The van der Waals surface area contributed by atoms with Crippen LogP contribution in [0.15, 0.2) is 18.2 Å². The third kappa shape index (κ3) is 3.92. The largest absolute Gasteiger partial charge is 0.478 e. The molecule has 7 heteroatoms. The second-order valence-corrected chi connectivity index (χ2v) is 4.04. The molecular formula is C13H18N2O5. The average Bonchev–Trinajstić information content (AvgIpc) is 2.43. The SMILES string of the molecule is CCOCCN(CC)c1cc([N+](=O)[O-])ccc1C(=O)O. The number of anilines is 1. The van der Waals surface area contributed by atoms with Gasteiger partial charge in [-0.3, -0.25) is 10.1 Å². The second-order valence-electron chi connectivity index (χ2n) is 4.04. The van der Waals surface area contributed by atoms with Crippen molar-refractivity contribution in [1.82, 2.24) is 0 Å². The maximum atomic E-state index is 11.2. The van der Waals surface area contributed by atoms with Crippen molar-refractivity contribution in [3.63, 3.8) is 0 Å². The molecule has 0 amide bonds. The van der Waals surface area contributed by atoms with E-state index < -0.39 is 10.9 Å². The number of aromatic carboxylic acids is 1. The average molecular weight is 282 g/mol. The molecule has 0 saturated heterocycles. The Morgan fingerprint density at radius 2 is 2.15 bits per heavy atom. The second kappa shape index (κ2) is 7.44. The minimum atomic E-state index is -1.11. The van der Waals surface area contributed by atoms with Crippen molar-refractivity contribution in [2.75, 3.05) is 31.2 Å². The number of nitrogens with zero attached hydrogens (tertiary/aromatic N) is 2. The Morgan fingerprint density at radius 1 is 1.45 bits per heavy atom. The first-order chi connectivity index (χ1) is 9.51. The minimum Gasteiger partial charge on any atom is -0.478 e. The Kier molecular flexibility index (Phi) is 5.92. The van der Waals surface area contributed by atoms with Crippen LogP contribution in [0.1, 0.15) is 24.2 Å². The molecule has 0 unspecified atom stereocenters. The van der Waals surface area contributed by atoms with Gasteiger partial charge in [0.1, 0.15) is 0 Å². The van der Waals surface area contributed by atoms with Gasteiger partial charge < -0.3 is 14.7 Å². The zero-order valence-electron chi connectivity index (χ0n) is 11.5. The molecule has 1 N–H and O–H groups in total. The van der Waals surface area contributed by atoms with E-state index in [1.165, 1.54) is 18.2 Å². The number of ether oxygens (including phenoxy) is 1. The number of rotatable bonds is 8. The Hall–Kier alpha value is -2.15. The molecular weight excluding hydrogens is 264 g/mol. The summed E-state index contributed by atoms with van der Waals surface area (Å²) in [6, 6.07) is 3.75. The first-order valence-corrected chi connectivity index (χ1v) is 6.35. The van der Waals surface area contributed by atoms with Gasteiger partial charge in [0.15, 0.2) is 0 Å². The third-order valence-electron chi connectivity index (χ3n) is 2.85. The van der Waals surface area contributed by atoms with Crippen LogP contribution in [0.2, 0.25) is 0 Å². The summed E-state index contributed by atoms with van der Waals surface area (Å²) in [4.78, 5) is 23.3. The summed E-state index contributed by atoms with van der Waals surface area (Å²) in [5.74, 6) is -1.11. The summed E-state index contributed by atoms with van der Waals surface area (Å²) in [5.41, 5.74) is 0.266. The quantitative estimate of drug-likeness (QED) is 0.446. The van der Waals surface area contributed by atoms with Crippen LogP contribution in [0.3, 0.4) is 0 Å². The van der Waals surface area contributed by atoms with E-state index >= 15 is 0 Å². The summed E-state index contributed by atoms with van der Waals surface area (Å²) < 4.78 is 5.24. The van der Waals surface area contributed by atoms with Gasteiger partial charge in [-0.2, -0.15) is 0 Å². The zero-order chi connectivity index (χ0) is 15.1. The van der Waals surface area contributed by atoms with Crippen molar-refractivity contribution in [2.24, 2.45) is 0 Å². The number of benzene rings is 1. The van der Waals surface area contributed by atoms with Crippen molar-refractivity contribution < 1.29 is 19.6 Å². The summed E-state index contributed by atoms with van der Waals surface area (Å²) in [6.07, 6.45) is 0. The lowest BCUT2D eigenvalue weighted by molar-refractivity contribution is -0.384. The van der Waals surface area contributed by atoms with E-state index in [0.29, 0.717) is 32.0 Å². The number of likely N-dealkylation sites (N-methyl/N-ethyl adjacent to an activating group) is 1. The van der Waals surface area contributed by atoms with Crippen LogP contribution >= 0.6 is 0 Å². The van der Waals surface area contributed by atoms with Crippen LogP contribution < -0.4 is 4.90 Å². The summed E-state index contributed by atoms with van der Waals surface area (Å²) in [5, 5.41) is 20.0. The third-order valence-corrected chi connectivity index (χ3v) is 2.85. The van der Waals surface area contributed by atoms with E-state index in [4.69, 9.17) is 4.74 Å². The van der Waals surface area contributed by atoms with Gasteiger partial charge in [-0.15, -0.1) is 0 Å². The van der Waals surface area contributed by atoms with Gasteiger partial charge in [-0.25, -0.2) is 4.79 Å². The lowest BCUT2D eigenvalue weighted by Crippen LogP contribution is -2.28. The summed E-state index contributed by atoms with van der Waals surface area (Å²) in [7, 11) is 0. The molecule has 0 radical (unpaired) electrons. The fourth-order valence-corrected chi connectivity index (χ4v) is 1.84. The number of carbonyl (C=O) groups is 1. The summed E-state index contributed by atoms with van der Waals surface area (Å²) in [6.45, 7) is 5.74. The van der Waals surface area contributed by atoms with Crippen LogP contribution in [0.4, 0.5) is 11.4 Å². The Morgan fingerprint density at radius 3 is 2.65 bits per heavy atom. The predicted molar refractivity (Wildman–Crippen MR) is 74.4 cm³/mol. The highest BCUT2D eigenvalue weighted by molar-refractivity contribution is 5.95. The normalized spacial score (nSPS) is 10.3. The van der Waals surface area contributed by atoms with Crippen molar-refractivity contribution in [1.29, 1.82) is 0 Å². The molecule has 110 valence electrons. The molecule has 0 fully saturated rings. The first kappa shape index (κ1) is 15.9. The van der Waals surface area contributed by atoms with Crippen LogP contribution in [0, 0.1) is 10.1 Å². The fraction of sp³-hybridized carbons (Fsp3) is 0.462. The zero-order valence-corrected chi connectivity index (χ0v) is 11.5. The lowest BCUT2D eigenvalue weighted by Gasteiger charge is -2.24. The molecule has 20 heavy (non-hydrogen) atoms. The van der Waals surface area contributed by atoms with Crippen molar-refractivity contribution >= 4 is 17.3 Å². The maximum absolute atomic E-state index is 11.2. The van der Waals surface area contributed by atoms with Gasteiger partial charge in [0, 0.05) is 31.8 Å². The van der Waals surface area contributed by atoms with Gasteiger partial charge in [0.25, 0.3) is 5.69 Å². The van der Waals surface area contributed by atoms with Crippen molar-refractivity contribution in [2.45, 2.75) is 13.8 Å². The van der Waals surface area contributed by atoms with Crippen LogP contribution in [-0.2, 0) is 4.74 Å². The van der Waals surface area contributed by atoms with E-state index in [0.717, 1.165) is 0 Å². The molecule has 0 atom stereocenters. The monoisotopic (exact) mass is 282 g/mol. The minimum absolute atomic E-state index is 0.0500. The van der Waals surface area contributed by atoms with E-state index in [9.17, 15) is 20.0 Å². The first-order valence-electron chi connectivity index (χ1n) is 6.35. The van der Waals surface area contributed by atoms with Gasteiger partial charge >= 0.3 is 5.97 Å². The molecule has 0 bridgehead atoms. The number of hydrogen-bond acceptors (Lipinski definition) is 5. The maximum Gasteiger partial charge on any atom is 0.337 e. The smallest absolute Gasteiger partial charge is 0.337 e. The Labute approximate surface area is 116 Å². The molecule has 1 aromatic carbocycles. The van der Waals surface area contributed by atoms with Gasteiger partial charge in [0.05, 0.1) is 22.8 Å². The fourth-order valence-electron chi connectivity index (χ4n) is 1.84. The van der Waals surface area contributed by atoms with E-state index in [1.54, 1.807) is 4.90 Å². The van der Waals surface area contributed by atoms with Gasteiger partial charge in [0.2, 0.25) is 0 Å². The molecule has 1 aromatic rings. The highest BCUT2D eigenvalue weighted by Gasteiger charge is 2.19. The lowest BCUT2D eigenvalue weighted by atomic mass is 10.1. The number of carboxylic acid groups (broad SMARTS) is 1. The molecule has 7 nitrogen and oxygen atoms in total. The number of nitro benzene ring substituents is 1. The predicted octanol–water partition coefficient (Wildman–Crippen LogP) is 2.16. The standard InChI is InChI=1S/C13H18N2O5/c1-3-14(7-8-20-4-2)12-9-10(15(18)19)5-6-11(12)13(16)17/h5-6,9H,3-4,7-8H2,1-2H3,(H,16,17). The van der Waals surface area contributed by atoms with Crippen LogP contribution in [0.5, 0.6) is 0 Å². The highest BCUT2D eigenvalue weighted by atomic mass is 16.6. The molecule has 0 spiro atoms. The Bertz CT molecular complexity index is 490. The van der Waals surface area contributed by atoms with E-state index in [-0.39, 0.29) is 11.3 Å². The van der Waals surface area contributed by atoms with Gasteiger partial charge in [-0.1, -0.05) is 0 Å². The molecule has 0 heterocycles. The molecule has 1 rings (SSSR count). The molecule has 0 aromatic heterocycles. The van der Waals surface area contributed by atoms with E-state index in [2.05, 4.69) is 0 Å². The number of carboxylic acids is 1. The summed E-state index contributed by atoms with van der Waals surface area (Å²) >= 11 is 0. The highest BCUT2D eigenvalue weighted by Crippen LogP contribution is 2.26. The topological polar surface area (TPSA) is 92.9 Å². The molecule has 0 aliphatic heterocycles. The van der Waals surface area contributed by atoms with Crippen molar-refractivity contribution in [3.8, 4) is 0 Å². The van der Waals surface area contributed by atoms with Gasteiger partial charge in [-0.05, 0) is 19.9 Å². The molecule has 0 saturated carbocycles. The number of nitro groups is 1. The van der Waals surface area contributed by atoms with E-state index in [1.807, 2.05) is 13.8 Å². The van der Waals surface area contributed by atoms with Crippen molar-refractivity contribution in [3.05, 3.63) is 33.9 Å².